The second-order valence-electron chi connectivity index (χ2n) is 10.6. The van der Waals surface area contributed by atoms with E-state index >= 15 is 0 Å². The number of aryl methyl sites for hydroxylation is 1. The number of rotatable bonds is 3. The van der Waals surface area contributed by atoms with E-state index in [-0.39, 0.29) is 29.0 Å². The molecule has 204 valence electrons. The maximum Gasteiger partial charge on any atom is 0.424 e. The Bertz CT molecular complexity index is 1430. The molecule has 5 rings (SSSR count). The van der Waals surface area contributed by atoms with Crippen molar-refractivity contribution in [3.63, 3.8) is 0 Å². The molecule has 0 spiro atoms. The fourth-order valence-electron chi connectivity index (χ4n) is 5.68. The van der Waals surface area contributed by atoms with Crippen LogP contribution in [-0.2, 0) is 20.1 Å². The number of para-hydroxylation sites is 2. The molecule has 3 heterocycles. The van der Waals surface area contributed by atoms with Crippen LogP contribution in [0.2, 0.25) is 0 Å². The molecule has 0 bridgehead atoms. The summed E-state index contributed by atoms with van der Waals surface area (Å²) in [6.07, 6.45) is 0.774. The van der Waals surface area contributed by atoms with Crippen molar-refractivity contribution in [2.45, 2.75) is 26.1 Å². The highest BCUT2D eigenvalue weighted by atomic mass is 16.4. The highest BCUT2D eigenvalue weighted by Gasteiger charge is 2.48. The quantitative estimate of drug-likeness (QED) is 0.498. The first-order valence-corrected chi connectivity index (χ1v) is 12.9. The van der Waals surface area contributed by atoms with Crippen LogP contribution in [0.4, 0.5) is 26.8 Å². The number of fused-ring (bicyclic) bond motifs is 2. The zero-order valence-electron chi connectivity index (χ0n) is 22.7. The van der Waals surface area contributed by atoms with Gasteiger partial charge in [0, 0.05) is 37.8 Å². The first-order valence-electron chi connectivity index (χ1n) is 12.9. The maximum atomic E-state index is 14.8. The summed E-state index contributed by atoms with van der Waals surface area (Å²) in [5, 5.41) is 17.6. The van der Waals surface area contributed by atoms with Crippen molar-refractivity contribution in [1.82, 2.24) is 19.6 Å². The zero-order valence-corrected chi connectivity index (χ0v) is 22.7. The second-order valence-corrected chi connectivity index (χ2v) is 10.6. The van der Waals surface area contributed by atoms with Crippen LogP contribution < -0.4 is 10.2 Å². The SMILES string of the molecule is CC1C[N+](Cc2cccc(C(=O)N(C)C)c2)(C(=O)N2Cc3cnn(C)c3Nc3ccccc32)CCN1C(=O)O. The molecule has 0 radical (unpaired) electrons. The Hall–Kier alpha value is -4.38. The fourth-order valence-corrected chi connectivity index (χ4v) is 5.68. The van der Waals surface area contributed by atoms with Gasteiger partial charge in [0.1, 0.15) is 25.5 Å². The molecule has 1 fully saturated rings. The van der Waals surface area contributed by atoms with Gasteiger partial charge < -0.3 is 15.3 Å². The van der Waals surface area contributed by atoms with Crippen molar-refractivity contribution in [3.05, 3.63) is 71.4 Å². The van der Waals surface area contributed by atoms with E-state index in [4.69, 9.17) is 0 Å². The van der Waals surface area contributed by atoms with E-state index < -0.39 is 6.09 Å². The Morgan fingerprint density at radius 1 is 1.15 bits per heavy atom. The van der Waals surface area contributed by atoms with Crippen molar-refractivity contribution in [2.75, 3.05) is 43.9 Å². The smallest absolute Gasteiger partial charge is 0.424 e. The van der Waals surface area contributed by atoms with Crippen molar-refractivity contribution >= 4 is 35.2 Å². The van der Waals surface area contributed by atoms with E-state index in [2.05, 4.69) is 10.4 Å². The number of hydrogen-bond acceptors (Lipinski definition) is 5. The third-order valence-electron chi connectivity index (χ3n) is 7.65. The standard InChI is InChI=1S/C28H33N7O4/c1-19-17-35(13-12-33(19)28(38)39,18-20-8-7-9-21(14-20)26(36)31(2)3)27(37)34-16-22-15-29-32(4)25(22)30-23-10-5-6-11-24(23)34/h5-11,14-15,19H,12-13,16-18H2,1-4H3,(H-,29,30,38,39)/p+1. The number of carbonyl (C=O) groups excluding carboxylic acids is 2. The van der Waals surface area contributed by atoms with Crippen LogP contribution in [0, 0.1) is 0 Å². The summed E-state index contributed by atoms with van der Waals surface area (Å²) in [7, 11) is 5.27. The van der Waals surface area contributed by atoms with Gasteiger partial charge in [-0.05, 0) is 31.2 Å². The summed E-state index contributed by atoms with van der Waals surface area (Å²) in [4.78, 5) is 44.0. The van der Waals surface area contributed by atoms with E-state index in [9.17, 15) is 19.5 Å². The topological polar surface area (TPSA) is 111 Å². The number of carbonyl (C=O) groups is 3. The Morgan fingerprint density at radius 2 is 1.92 bits per heavy atom. The second kappa shape index (κ2) is 10.1. The first kappa shape index (κ1) is 26.2. The molecule has 39 heavy (non-hydrogen) atoms. The van der Waals surface area contributed by atoms with Gasteiger partial charge in [-0.25, -0.2) is 14.1 Å². The van der Waals surface area contributed by atoms with Gasteiger partial charge in [-0.1, -0.05) is 24.3 Å². The highest BCUT2D eigenvalue weighted by Crippen LogP contribution is 2.38. The number of nitrogens with one attached hydrogen (secondary N) is 1. The lowest BCUT2D eigenvalue weighted by Crippen LogP contribution is -2.68. The van der Waals surface area contributed by atoms with Crippen LogP contribution in [0.15, 0.2) is 54.7 Å². The number of quaternary nitrogens is 1. The lowest BCUT2D eigenvalue weighted by Gasteiger charge is -2.46. The van der Waals surface area contributed by atoms with Crippen LogP contribution in [0.5, 0.6) is 0 Å². The first-order chi connectivity index (χ1) is 18.6. The van der Waals surface area contributed by atoms with Crippen LogP contribution in [0.25, 0.3) is 0 Å². The molecule has 0 saturated carbocycles. The van der Waals surface area contributed by atoms with Crippen LogP contribution in [0.3, 0.4) is 0 Å². The molecule has 2 aliphatic heterocycles. The monoisotopic (exact) mass is 532 g/mol. The third kappa shape index (κ3) is 4.81. The number of benzene rings is 2. The number of urea groups is 1. The summed E-state index contributed by atoms with van der Waals surface area (Å²) in [6.45, 7) is 3.34. The lowest BCUT2D eigenvalue weighted by atomic mass is 10.1. The van der Waals surface area contributed by atoms with Gasteiger partial charge in [0.05, 0.1) is 36.7 Å². The molecular formula is C28H34N7O4+. The van der Waals surface area contributed by atoms with E-state index in [0.717, 1.165) is 28.3 Å². The maximum absolute atomic E-state index is 14.8. The van der Waals surface area contributed by atoms with Crippen LogP contribution in [-0.4, -0.2) is 87.0 Å². The summed E-state index contributed by atoms with van der Waals surface area (Å²) < 4.78 is 1.78. The molecule has 11 heteroatoms. The third-order valence-corrected chi connectivity index (χ3v) is 7.65. The molecule has 2 aliphatic rings. The molecule has 2 unspecified atom stereocenters. The summed E-state index contributed by atoms with van der Waals surface area (Å²) in [5.74, 6) is 0.707. The normalized spacial score (nSPS) is 20.4. The number of anilines is 3. The zero-order chi connectivity index (χ0) is 27.9. The Balaban J connectivity index is 1.57. The van der Waals surface area contributed by atoms with E-state index in [0.29, 0.717) is 31.7 Å². The molecular weight excluding hydrogens is 498 g/mol. The number of hydrogen-bond donors (Lipinski definition) is 2. The minimum absolute atomic E-state index is 0.0223. The van der Waals surface area contributed by atoms with Crippen LogP contribution in [0.1, 0.15) is 28.4 Å². The molecule has 1 saturated heterocycles. The molecule has 3 aromatic rings. The molecule has 0 aliphatic carbocycles. The van der Waals surface area contributed by atoms with Gasteiger partial charge in [-0.2, -0.15) is 5.10 Å². The van der Waals surface area contributed by atoms with Crippen molar-refractivity contribution in [3.8, 4) is 0 Å². The van der Waals surface area contributed by atoms with E-state index in [1.54, 1.807) is 35.9 Å². The Kier molecular flexibility index (Phi) is 6.77. The van der Waals surface area contributed by atoms with Gasteiger partial charge in [0.25, 0.3) is 5.91 Å². The lowest BCUT2D eigenvalue weighted by molar-refractivity contribution is -0.870. The number of amides is 4. The summed E-state index contributed by atoms with van der Waals surface area (Å²) in [5.41, 5.74) is 3.82. The molecule has 1 aromatic heterocycles. The average molecular weight is 533 g/mol. The van der Waals surface area contributed by atoms with Crippen LogP contribution >= 0.6 is 0 Å². The molecule has 11 nitrogen and oxygen atoms in total. The minimum Gasteiger partial charge on any atom is -0.465 e. The van der Waals surface area contributed by atoms with Crippen molar-refractivity contribution in [1.29, 1.82) is 0 Å². The number of aromatic nitrogens is 2. The number of piperazine rings is 1. The average Bonchev–Trinajstić information content (AvgIpc) is 3.15. The van der Waals surface area contributed by atoms with E-state index in [1.807, 2.05) is 56.4 Å². The van der Waals surface area contributed by atoms with Gasteiger partial charge in [-0.15, -0.1) is 0 Å². The molecule has 2 atom stereocenters. The molecule has 4 amide bonds. The predicted octanol–water partition coefficient (Wildman–Crippen LogP) is 3.70. The minimum atomic E-state index is -0.990. The van der Waals surface area contributed by atoms with Gasteiger partial charge in [-0.3, -0.25) is 19.3 Å². The number of nitrogens with zero attached hydrogens (tertiary/aromatic N) is 6. The van der Waals surface area contributed by atoms with E-state index in [1.165, 1.54) is 9.80 Å². The Labute approximate surface area is 227 Å². The van der Waals surface area contributed by atoms with Gasteiger partial charge in [0.2, 0.25) is 0 Å². The summed E-state index contributed by atoms with van der Waals surface area (Å²) in [6, 6.07) is 14.5. The van der Waals surface area contributed by atoms with Crippen molar-refractivity contribution in [2.24, 2.45) is 7.05 Å². The molecule has 2 aromatic carbocycles. The van der Waals surface area contributed by atoms with Gasteiger partial charge >= 0.3 is 12.1 Å². The fraction of sp³-hybridized carbons (Fsp3) is 0.357. The van der Waals surface area contributed by atoms with Gasteiger partial charge in [0.15, 0.2) is 0 Å². The Morgan fingerprint density at radius 3 is 2.64 bits per heavy atom. The number of carboxylic acid groups (broad SMARTS) is 1. The van der Waals surface area contributed by atoms with Crippen molar-refractivity contribution < 1.29 is 24.0 Å². The highest BCUT2D eigenvalue weighted by molar-refractivity contribution is 5.95. The predicted molar refractivity (Wildman–Crippen MR) is 147 cm³/mol. The largest absolute Gasteiger partial charge is 0.465 e. The summed E-state index contributed by atoms with van der Waals surface area (Å²) >= 11 is 0. The molecule has 2 N–H and O–H groups in total.